The van der Waals surface area contributed by atoms with Crippen LogP contribution in [0, 0.1) is 5.82 Å². The highest BCUT2D eigenvalue weighted by Crippen LogP contribution is 2.24. The van der Waals surface area contributed by atoms with Crippen LogP contribution in [-0.2, 0) is 0 Å². The molecule has 0 atom stereocenters. The fraction of sp³-hybridized carbons (Fsp3) is 0.308. The van der Waals surface area contributed by atoms with Gasteiger partial charge in [0.2, 0.25) is 11.9 Å². The van der Waals surface area contributed by atoms with Gasteiger partial charge in [-0.25, -0.2) is 4.39 Å². The Morgan fingerprint density at radius 2 is 1.90 bits per heavy atom. The Morgan fingerprint density at radius 1 is 1.20 bits per heavy atom. The van der Waals surface area contributed by atoms with Crippen molar-refractivity contribution in [2.75, 3.05) is 23.7 Å². The summed E-state index contributed by atoms with van der Waals surface area (Å²) in [6, 6.07) is 4.30. The molecule has 2 N–H and O–H groups in total. The third-order valence-electron chi connectivity index (χ3n) is 2.86. The van der Waals surface area contributed by atoms with E-state index in [2.05, 4.69) is 15.0 Å². The van der Waals surface area contributed by atoms with Crippen LogP contribution < -0.4 is 10.6 Å². The first-order valence-corrected chi connectivity index (χ1v) is 6.64. The Labute approximate surface area is 121 Å². The lowest BCUT2D eigenvalue weighted by Gasteiger charge is -2.18. The molecule has 0 saturated carbocycles. The number of halogens is 2. The summed E-state index contributed by atoms with van der Waals surface area (Å²) in [7, 11) is 0. The molecule has 0 amide bonds. The Hall–Kier alpha value is -1.95. The summed E-state index contributed by atoms with van der Waals surface area (Å²) in [6.45, 7) is 5.50. The molecular formula is C13H15ClFN5. The normalized spacial score (nSPS) is 10.6. The first-order chi connectivity index (χ1) is 9.55. The van der Waals surface area contributed by atoms with Crippen LogP contribution in [0.25, 0.3) is 11.4 Å². The molecule has 0 radical (unpaired) electrons. The lowest BCUT2D eigenvalue weighted by Crippen LogP contribution is -2.25. The molecule has 1 aromatic heterocycles. The van der Waals surface area contributed by atoms with Crippen molar-refractivity contribution in [1.29, 1.82) is 0 Å². The highest BCUT2D eigenvalue weighted by atomic mass is 35.5. The molecule has 1 heterocycles. The summed E-state index contributed by atoms with van der Waals surface area (Å²) in [6.07, 6.45) is 0. The molecule has 0 fully saturated rings. The third kappa shape index (κ3) is 2.96. The number of nitrogens with two attached hydrogens (primary N) is 1. The first kappa shape index (κ1) is 14.5. The van der Waals surface area contributed by atoms with Gasteiger partial charge in [-0.15, -0.1) is 0 Å². The number of aromatic nitrogens is 3. The number of hydrogen-bond acceptors (Lipinski definition) is 5. The van der Waals surface area contributed by atoms with Crippen molar-refractivity contribution in [2.24, 2.45) is 0 Å². The molecule has 0 aliphatic carbocycles. The van der Waals surface area contributed by atoms with E-state index >= 15 is 0 Å². The van der Waals surface area contributed by atoms with Gasteiger partial charge in [0, 0.05) is 18.7 Å². The van der Waals surface area contributed by atoms with Crippen LogP contribution in [0.4, 0.5) is 16.3 Å². The van der Waals surface area contributed by atoms with Crippen LogP contribution in [-0.4, -0.2) is 28.0 Å². The van der Waals surface area contributed by atoms with Crippen LogP contribution in [0.3, 0.4) is 0 Å². The average Bonchev–Trinajstić information content (AvgIpc) is 2.42. The topological polar surface area (TPSA) is 67.9 Å². The van der Waals surface area contributed by atoms with Crippen molar-refractivity contribution < 1.29 is 4.39 Å². The monoisotopic (exact) mass is 295 g/mol. The average molecular weight is 296 g/mol. The first-order valence-electron chi connectivity index (χ1n) is 6.27. The molecular weight excluding hydrogens is 281 g/mol. The van der Waals surface area contributed by atoms with Crippen LogP contribution in [0.5, 0.6) is 0 Å². The largest absolute Gasteiger partial charge is 0.368 e. The summed E-state index contributed by atoms with van der Waals surface area (Å²) in [5, 5.41) is 0.0193. The standard InChI is InChI=1S/C13H15ClFN5/c1-3-20(4-2)13-18-11(17-12(16)19-13)8-5-6-10(15)9(14)7-8/h5-7H,3-4H2,1-2H3,(H2,16,17,18,19). The van der Waals surface area contributed by atoms with Crippen LogP contribution in [0.15, 0.2) is 18.2 Å². The maximum absolute atomic E-state index is 13.2. The summed E-state index contributed by atoms with van der Waals surface area (Å²) in [5.41, 5.74) is 6.31. The highest BCUT2D eigenvalue weighted by Gasteiger charge is 2.12. The van der Waals surface area contributed by atoms with E-state index in [0.29, 0.717) is 17.3 Å². The van der Waals surface area contributed by atoms with Gasteiger partial charge in [-0.05, 0) is 32.0 Å². The maximum Gasteiger partial charge on any atom is 0.230 e. The van der Waals surface area contributed by atoms with E-state index < -0.39 is 5.82 Å². The zero-order valence-electron chi connectivity index (χ0n) is 11.3. The van der Waals surface area contributed by atoms with E-state index in [-0.39, 0.29) is 11.0 Å². The summed E-state index contributed by atoms with van der Waals surface area (Å²) < 4.78 is 13.2. The fourth-order valence-electron chi connectivity index (χ4n) is 1.79. The van der Waals surface area contributed by atoms with Gasteiger partial charge >= 0.3 is 0 Å². The number of nitrogen functional groups attached to an aromatic ring is 1. The van der Waals surface area contributed by atoms with Gasteiger partial charge in [0.05, 0.1) is 5.02 Å². The second-order valence-electron chi connectivity index (χ2n) is 4.12. The molecule has 20 heavy (non-hydrogen) atoms. The molecule has 0 spiro atoms. The van der Waals surface area contributed by atoms with Crippen LogP contribution in [0.1, 0.15) is 13.8 Å². The van der Waals surface area contributed by atoms with Crippen LogP contribution >= 0.6 is 11.6 Å². The van der Waals surface area contributed by atoms with E-state index in [9.17, 15) is 4.39 Å². The summed E-state index contributed by atoms with van der Waals surface area (Å²) >= 11 is 5.77. The molecule has 5 nitrogen and oxygen atoms in total. The number of hydrogen-bond donors (Lipinski definition) is 1. The number of rotatable bonds is 4. The highest BCUT2D eigenvalue weighted by molar-refractivity contribution is 6.31. The van der Waals surface area contributed by atoms with Gasteiger partial charge in [0.15, 0.2) is 5.82 Å². The third-order valence-corrected chi connectivity index (χ3v) is 3.15. The Balaban J connectivity index is 2.48. The van der Waals surface area contributed by atoms with Gasteiger partial charge in [0.25, 0.3) is 0 Å². The smallest absolute Gasteiger partial charge is 0.230 e. The Bertz CT molecular complexity index is 616. The van der Waals surface area contributed by atoms with Gasteiger partial charge in [0.1, 0.15) is 5.82 Å². The maximum atomic E-state index is 13.2. The van der Waals surface area contributed by atoms with Crippen molar-refractivity contribution in [3.05, 3.63) is 29.0 Å². The second kappa shape index (κ2) is 6.00. The van der Waals surface area contributed by atoms with Crippen molar-refractivity contribution in [3.8, 4) is 11.4 Å². The van der Waals surface area contributed by atoms with Crippen molar-refractivity contribution in [3.63, 3.8) is 0 Å². The van der Waals surface area contributed by atoms with Gasteiger partial charge in [-0.2, -0.15) is 15.0 Å². The number of anilines is 2. The van der Waals surface area contributed by atoms with Gasteiger partial charge in [-0.1, -0.05) is 11.6 Å². The lowest BCUT2D eigenvalue weighted by molar-refractivity contribution is 0.628. The van der Waals surface area contributed by atoms with Crippen molar-refractivity contribution in [1.82, 2.24) is 15.0 Å². The molecule has 0 aliphatic rings. The zero-order valence-corrected chi connectivity index (χ0v) is 12.0. The van der Waals surface area contributed by atoms with Gasteiger partial charge < -0.3 is 10.6 Å². The minimum absolute atomic E-state index is 0.0193. The Morgan fingerprint density at radius 3 is 2.50 bits per heavy atom. The fourth-order valence-corrected chi connectivity index (χ4v) is 1.97. The van der Waals surface area contributed by atoms with E-state index in [0.717, 1.165) is 13.1 Å². The Kier molecular flexibility index (Phi) is 4.34. The molecule has 0 bridgehead atoms. The lowest BCUT2D eigenvalue weighted by atomic mass is 10.2. The minimum atomic E-state index is -0.485. The molecule has 0 aliphatic heterocycles. The molecule has 2 aromatic rings. The summed E-state index contributed by atoms with van der Waals surface area (Å²) in [5.74, 6) is 0.512. The zero-order chi connectivity index (χ0) is 14.7. The molecule has 7 heteroatoms. The molecule has 1 aromatic carbocycles. The summed E-state index contributed by atoms with van der Waals surface area (Å²) in [4.78, 5) is 14.5. The minimum Gasteiger partial charge on any atom is -0.368 e. The second-order valence-corrected chi connectivity index (χ2v) is 4.53. The van der Waals surface area contributed by atoms with Crippen molar-refractivity contribution >= 4 is 23.5 Å². The predicted molar refractivity (Wildman–Crippen MR) is 78.2 cm³/mol. The quantitative estimate of drug-likeness (QED) is 0.939. The number of benzene rings is 1. The van der Waals surface area contributed by atoms with E-state index in [4.69, 9.17) is 17.3 Å². The van der Waals surface area contributed by atoms with Crippen molar-refractivity contribution in [2.45, 2.75) is 13.8 Å². The predicted octanol–water partition coefficient (Wildman–Crippen LogP) is 2.76. The van der Waals surface area contributed by atoms with Gasteiger partial charge in [-0.3, -0.25) is 0 Å². The number of nitrogens with zero attached hydrogens (tertiary/aromatic N) is 4. The van der Waals surface area contributed by atoms with E-state index in [1.54, 1.807) is 6.07 Å². The SMILES string of the molecule is CCN(CC)c1nc(N)nc(-c2ccc(F)c(Cl)c2)n1. The molecule has 106 valence electrons. The molecule has 0 unspecified atom stereocenters. The van der Waals surface area contributed by atoms with E-state index in [1.165, 1.54) is 12.1 Å². The van der Waals surface area contributed by atoms with Crippen LogP contribution in [0.2, 0.25) is 5.02 Å². The van der Waals surface area contributed by atoms with E-state index in [1.807, 2.05) is 18.7 Å². The molecule has 2 rings (SSSR count). The molecule has 0 saturated heterocycles.